The summed E-state index contributed by atoms with van der Waals surface area (Å²) in [6, 6.07) is 17.2. The van der Waals surface area contributed by atoms with E-state index in [9.17, 15) is 22.0 Å². The minimum atomic E-state index is -3.90. The third-order valence-corrected chi connectivity index (χ3v) is 6.12. The first-order valence-electron chi connectivity index (χ1n) is 9.67. The van der Waals surface area contributed by atoms with Crippen molar-refractivity contribution in [3.8, 4) is 5.75 Å². The molecule has 0 radical (unpaired) electrons. The van der Waals surface area contributed by atoms with Gasteiger partial charge in [-0.2, -0.15) is 8.78 Å². The van der Waals surface area contributed by atoms with Gasteiger partial charge in [0.05, 0.1) is 10.6 Å². The highest BCUT2D eigenvalue weighted by Gasteiger charge is 2.19. The second-order valence-corrected chi connectivity index (χ2v) is 8.78. The molecule has 0 bridgehead atoms. The SMILES string of the molecule is Cc1ccccc1NS(=O)(=O)c1ccc(C)c(C(=O)NCc2ccc(OC(F)F)cc2)c1. The van der Waals surface area contributed by atoms with Gasteiger partial charge in [-0.1, -0.05) is 36.4 Å². The van der Waals surface area contributed by atoms with Crippen LogP contribution in [0.25, 0.3) is 0 Å². The highest BCUT2D eigenvalue weighted by atomic mass is 32.2. The fourth-order valence-corrected chi connectivity index (χ4v) is 4.13. The molecule has 168 valence electrons. The highest BCUT2D eigenvalue weighted by molar-refractivity contribution is 7.92. The molecule has 0 saturated heterocycles. The average Bonchev–Trinajstić information content (AvgIpc) is 2.74. The van der Waals surface area contributed by atoms with E-state index >= 15 is 0 Å². The Balaban J connectivity index is 1.73. The van der Waals surface area contributed by atoms with Crippen LogP contribution < -0.4 is 14.8 Å². The zero-order valence-electron chi connectivity index (χ0n) is 17.4. The van der Waals surface area contributed by atoms with Gasteiger partial charge in [-0.05, 0) is 60.9 Å². The van der Waals surface area contributed by atoms with E-state index in [1.54, 1.807) is 56.3 Å². The van der Waals surface area contributed by atoms with Crippen molar-refractivity contribution in [2.24, 2.45) is 0 Å². The normalized spacial score (nSPS) is 11.3. The number of rotatable bonds is 8. The zero-order valence-corrected chi connectivity index (χ0v) is 18.2. The molecule has 0 aliphatic carbocycles. The number of amides is 1. The lowest BCUT2D eigenvalue weighted by atomic mass is 10.1. The zero-order chi connectivity index (χ0) is 23.3. The third-order valence-electron chi connectivity index (χ3n) is 4.75. The van der Waals surface area contributed by atoms with Gasteiger partial charge in [0.1, 0.15) is 5.75 Å². The monoisotopic (exact) mass is 460 g/mol. The molecule has 3 aromatic rings. The number of ether oxygens (including phenoxy) is 1. The first-order valence-corrected chi connectivity index (χ1v) is 11.1. The van der Waals surface area contributed by atoms with E-state index in [0.717, 1.165) is 5.56 Å². The van der Waals surface area contributed by atoms with E-state index in [2.05, 4.69) is 14.8 Å². The van der Waals surface area contributed by atoms with Crippen molar-refractivity contribution < 1.29 is 26.7 Å². The molecule has 0 heterocycles. The fourth-order valence-electron chi connectivity index (χ4n) is 2.97. The van der Waals surface area contributed by atoms with Crippen LogP contribution in [0.15, 0.2) is 71.6 Å². The molecule has 0 saturated carbocycles. The summed E-state index contributed by atoms with van der Waals surface area (Å²) in [5.41, 5.74) is 2.72. The number of hydrogen-bond acceptors (Lipinski definition) is 4. The lowest BCUT2D eigenvalue weighted by molar-refractivity contribution is -0.0498. The van der Waals surface area contributed by atoms with E-state index in [1.807, 2.05) is 0 Å². The summed E-state index contributed by atoms with van der Waals surface area (Å²) in [6.07, 6.45) is 0. The summed E-state index contributed by atoms with van der Waals surface area (Å²) in [5, 5.41) is 2.71. The van der Waals surface area contributed by atoms with Crippen LogP contribution in [0.3, 0.4) is 0 Å². The van der Waals surface area contributed by atoms with Crippen LogP contribution in [0.2, 0.25) is 0 Å². The van der Waals surface area contributed by atoms with Crippen LogP contribution in [0.4, 0.5) is 14.5 Å². The second-order valence-electron chi connectivity index (χ2n) is 7.10. The first-order chi connectivity index (χ1) is 15.2. The molecule has 3 aromatic carbocycles. The molecule has 0 aliphatic rings. The van der Waals surface area contributed by atoms with Crippen LogP contribution >= 0.6 is 0 Å². The molecule has 0 spiro atoms. The van der Waals surface area contributed by atoms with Crippen LogP contribution in [0.5, 0.6) is 5.75 Å². The van der Waals surface area contributed by atoms with Gasteiger partial charge >= 0.3 is 6.61 Å². The van der Waals surface area contributed by atoms with Crippen molar-refractivity contribution in [2.75, 3.05) is 4.72 Å². The van der Waals surface area contributed by atoms with E-state index in [4.69, 9.17) is 0 Å². The van der Waals surface area contributed by atoms with Crippen LogP contribution in [0, 0.1) is 13.8 Å². The van der Waals surface area contributed by atoms with Gasteiger partial charge in [0.25, 0.3) is 15.9 Å². The van der Waals surface area contributed by atoms with Gasteiger partial charge in [-0.3, -0.25) is 9.52 Å². The van der Waals surface area contributed by atoms with Crippen LogP contribution in [-0.4, -0.2) is 20.9 Å². The number of benzene rings is 3. The minimum absolute atomic E-state index is 0.0185. The van der Waals surface area contributed by atoms with Crippen molar-refractivity contribution in [1.82, 2.24) is 5.32 Å². The Morgan fingerprint density at radius 2 is 1.66 bits per heavy atom. The molecule has 0 atom stereocenters. The number of alkyl halides is 2. The van der Waals surface area contributed by atoms with Crippen molar-refractivity contribution >= 4 is 21.6 Å². The standard InChI is InChI=1S/C23H22F2N2O4S/c1-15-7-12-19(32(29,30)27-21-6-4-3-5-16(21)2)13-20(15)22(28)26-14-17-8-10-18(11-9-17)31-23(24)25/h3-13,23,27H,14H2,1-2H3,(H,26,28). The Kier molecular flexibility index (Phi) is 7.09. The van der Waals surface area contributed by atoms with Crippen molar-refractivity contribution in [3.05, 3.63) is 89.0 Å². The maximum Gasteiger partial charge on any atom is 0.387 e. The number of para-hydroxylation sites is 1. The average molecular weight is 461 g/mol. The van der Waals surface area contributed by atoms with E-state index in [-0.39, 0.29) is 22.8 Å². The van der Waals surface area contributed by atoms with Crippen molar-refractivity contribution in [2.45, 2.75) is 31.9 Å². The Hall–Kier alpha value is -3.46. The third kappa shape index (κ3) is 5.82. The summed E-state index contributed by atoms with van der Waals surface area (Å²) >= 11 is 0. The first kappa shape index (κ1) is 23.2. The van der Waals surface area contributed by atoms with Gasteiger partial charge < -0.3 is 10.1 Å². The fraction of sp³-hybridized carbons (Fsp3) is 0.174. The number of nitrogens with one attached hydrogen (secondary N) is 2. The molecule has 2 N–H and O–H groups in total. The molecule has 0 aromatic heterocycles. The maximum atomic E-state index is 12.8. The predicted octanol–water partition coefficient (Wildman–Crippen LogP) is 4.64. The molecular formula is C23H22F2N2O4S. The van der Waals surface area contributed by atoms with Crippen molar-refractivity contribution in [3.63, 3.8) is 0 Å². The summed E-state index contributed by atoms with van der Waals surface area (Å²) in [6.45, 7) is 0.715. The smallest absolute Gasteiger partial charge is 0.387 e. The molecular weight excluding hydrogens is 438 g/mol. The Morgan fingerprint density at radius 1 is 0.969 bits per heavy atom. The number of anilines is 1. The van der Waals surface area contributed by atoms with Crippen LogP contribution in [0.1, 0.15) is 27.0 Å². The Bertz CT molecular complexity index is 1210. The van der Waals surface area contributed by atoms with Gasteiger partial charge in [0, 0.05) is 12.1 Å². The number of aryl methyl sites for hydroxylation is 2. The van der Waals surface area contributed by atoms with Crippen molar-refractivity contribution in [1.29, 1.82) is 0 Å². The molecule has 32 heavy (non-hydrogen) atoms. The summed E-state index contributed by atoms with van der Waals surface area (Å²) < 4.78 is 56.9. The predicted molar refractivity (Wildman–Crippen MR) is 117 cm³/mol. The molecule has 0 unspecified atom stereocenters. The van der Waals surface area contributed by atoms with E-state index in [0.29, 0.717) is 16.8 Å². The summed E-state index contributed by atoms with van der Waals surface area (Å²) in [5.74, 6) is -0.437. The number of halogens is 2. The van der Waals surface area contributed by atoms with Gasteiger partial charge in [0.15, 0.2) is 0 Å². The molecule has 3 rings (SSSR count). The number of carbonyl (C=O) groups is 1. The Morgan fingerprint density at radius 3 is 2.31 bits per heavy atom. The highest BCUT2D eigenvalue weighted by Crippen LogP contribution is 2.22. The Labute approximate surface area is 185 Å². The topological polar surface area (TPSA) is 84.5 Å². The van der Waals surface area contributed by atoms with Gasteiger partial charge in [0.2, 0.25) is 0 Å². The quantitative estimate of drug-likeness (QED) is 0.513. The second kappa shape index (κ2) is 9.78. The molecule has 6 nitrogen and oxygen atoms in total. The van der Waals surface area contributed by atoms with E-state index < -0.39 is 22.5 Å². The number of sulfonamides is 1. The summed E-state index contributed by atoms with van der Waals surface area (Å²) in [4.78, 5) is 12.7. The van der Waals surface area contributed by atoms with Crippen LogP contribution in [-0.2, 0) is 16.6 Å². The lowest BCUT2D eigenvalue weighted by Crippen LogP contribution is -2.24. The number of hydrogen-bond donors (Lipinski definition) is 2. The minimum Gasteiger partial charge on any atom is -0.435 e. The molecule has 9 heteroatoms. The van der Waals surface area contributed by atoms with Gasteiger partial charge in [-0.25, -0.2) is 8.42 Å². The molecule has 0 aliphatic heterocycles. The largest absolute Gasteiger partial charge is 0.435 e. The van der Waals surface area contributed by atoms with Gasteiger partial charge in [-0.15, -0.1) is 0 Å². The van der Waals surface area contributed by atoms with E-state index in [1.165, 1.54) is 24.3 Å². The summed E-state index contributed by atoms with van der Waals surface area (Å²) in [7, 11) is -3.90. The molecule has 0 fully saturated rings. The number of carbonyl (C=O) groups excluding carboxylic acids is 1. The maximum absolute atomic E-state index is 12.8. The lowest BCUT2D eigenvalue weighted by Gasteiger charge is -2.13. The molecule has 1 amide bonds.